The molecule has 0 heterocycles. The van der Waals surface area contributed by atoms with Crippen LogP contribution in [0.4, 0.5) is 18.9 Å². The number of nitrogens with two attached hydrogens (primary N) is 1. The Balaban J connectivity index is 2.28. The van der Waals surface area contributed by atoms with Crippen LogP contribution in [0.25, 0.3) is 5.57 Å². The van der Waals surface area contributed by atoms with Crippen molar-refractivity contribution in [2.75, 3.05) is 5.32 Å². The van der Waals surface area contributed by atoms with Crippen LogP contribution in [0, 0.1) is 12.7 Å². The van der Waals surface area contributed by atoms with Crippen molar-refractivity contribution in [2.45, 2.75) is 20.4 Å². The van der Waals surface area contributed by atoms with Crippen LogP contribution in [-0.2, 0) is 0 Å². The van der Waals surface area contributed by atoms with E-state index in [9.17, 15) is 18.0 Å². The van der Waals surface area contributed by atoms with E-state index in [1.807, 2.05) is 6.07 Å². The number of hydrogen-bond donors (Lipinski definition) is 2. The monoisotopic (exact) mass is 361 g/mol. The summed E-state index contributed by atoms with van der Waals surface area (Å²) < 4.78 is 39.0. The van der Waals surface area contributed by atoms with Gasteiger partial charge in [0.25, 0.3) is 5.91 Å². The number of carbonyl (C=O) groups excluding carboxylic acids is 1. The van der Waals surface area contributed by atoms with E-state index < -0.39 is 12.4 Å². The van der Waals surface area contributed by atoms with Gasteiger partial charge in [-0.3, -0.25) is 4.79 Å². The number of amides is 1. The molecule has 2 aromatic rings. The highest BCUT2D eigenvalue weighted by Crippen LogP contribution is 2.23. The zero-order valence-corrected chi connectivity index (χ0v) is 14.3. The van der Waals surface area contributed by atoms with Crippen molar-refractivity contribution in [3.05, 3.63) is 70.7 Å². The fourth-order valence-electron chi connectivity index (χ4n) is 2.35. The molecule has 26 heavy (non-hydrogen) atoms. The molecule has 7 heteroatoms. The molecule has 0 aliphatic rings. The summed E-state index contributed by atoms with van der Waals surface area (Å²) in [4.78, 5) is 15.2. The van der Waals surface area contributed by atoms with Gasteiger partial charge in [0.05, 0.1) is 0 Å². The number of rotatable bonds is 5. The quantitative estimate of drug-likeness (QED) is 0.613. The van der Waals surface area contributed by atoms with E-state index in [1.165, 1.54) is 19.1 Å². The van der Waals surface area contributed by atoms with Crippen molar-refractivity contribution >= 4 is 23.4 Å². The second-order valence-electron chi connectivity index (χ2n) is 5.62. The Morgan fingerprint density at radius 1 is 1.19 bits per heavy atom. The third-order valence-corrected chi connectivity index (χ3v) is 3.65. The number of benzene rings is 2. The van der Waals surface area contributed by atoms with Crippen molar-refractivity contribution in [2.24, 2.45) is 10.7 Å². The molecule has 0 aromatic heterocycles. The Kier molecular flexibility index (Phi) is 6.16. The van der Waals surface area contributed by atoms with E-state index >= 15 is 0 Å². The molecule has 2 aromatic carbocycles. The molecule has 0 atom stereocenters. The minimum atomic E-state index is -2.92. The number of aliphatic imine (C=N–C) groups is 1. The lowest BCUT2D eigenvalue weighted by atomic mass is 10.0. The molecule has 0 spiro atoms. The summed E-state index contributed by atoms with van der Waals surface area (Å²) in [7, 11) is 0. The first-order chi connectivity index (χ1) is 12.3. The van der Waals surface area contributed by atoms with E-state index in [0.717, 1.165) is 17.8 Å². The van der Waals surface area contributed by atoms with Crippen LogP contribution in [0.1, 0.15) is 28.4 Å². The summed E-state index contributed by atoms with van der Waals surface area (Å²) in [5, 5.41) is 2.61. The van der Waals surface area contributed by atoms with Crippen LogP contribution in [0.2, 0.25) is 0 Å². The molecule has 0 aliphatic heterocycles. The number of anilines is 1. The number of nitrogens with zero attached hydrogens (tertiary/aromatic N) is 1. The number of carbonyl (C=O) groups is 1. The van der Waals surface area contributed by atoms with Gasteiger partial charge in [-0.05, 0) is 43.7 Å². The van der Waals surface area contributed by atoms with Crippen molar-refractivity contribution in [1.82, 2.24) is 0 Å². The van der Waals surface area contributed by atoms with Crippen molar-refractivity contribution < 1.29 is 18.0 Å². The van der Waals surface area contributed by atoms with E-state index in [2.05, 4.69) is 10.3 Å². The third kappa shape index (κ3) is 4.72. The van der Waals surface area contributed by atoms with Gasteiger partial charge in [-0.1, -0.05) is 18.2 Å². The maximum Gasteiger partial charge on any atom is 0.331 e. The zero-order chi connectivity index (χ0) is 19.3. The SMILES string of the molecule is C/C(N)=C(/C=N/C(F)F)c1ccc(NC(=O)c2ccccc2C)cc1F. The normalized spacial score (nSPS) is 12.4. The smallest absolute Gasteiger partial charge is 0.331 e. The molecule has 0 saturated heterocycles. The molecule has 4 nitrogen and oxygen atoms in total. The molecule has 0 bridgehead atoms. The lowest BCUT2D eigenvalue weighted by Gasteiger charge is -2.11. The first-order valence-electron chi connectivity index (χ1n) is 7.74. The summed E-state index contributed by atoms with van der Waals surface area (Å²) in [6.07, 6.45) is 0.837. The minimum Gasteiger partial charge on any atom is -0.402 e. The first-order valence-corrected chi connectivity index (χ1v) is 7.74. The molecule has 0 unspecified atom stereocenters. The summed E-state index contributed by atoms with van der Waals surface area (Å²) in [6, 6.07) is 10.9. The average molecular weight is 361 g/mol. The van der Waals surface area contributed by atoms with E-state index in [4.69, 9.17) is 5.73 Å². The topological polar surface area (TPSA) is 67.5 Å². The highest BCUT2D eigenvalue weighted by atomic mass is 19.3. The molecular formula is C19H18F3N3O. The van der Waals surface area contributed by atoms with Gasteiger partial charge in [0, 0.05) is 34.3 Å². The van der Waals surface area contributed by atoms with Gasteiger partial charge >= 0.3 is 6.55 Å². The van der Waals surface area contributed by atoms with Gasteiger partial charge in [-0.25, -0.2) is 9.38 Å². The largest absolute Gasteiger partial charge is 0.402 e. The minimum absolute atomic E-state index is 0.0169. The van der Waals surface area contributed by atoms with Gasteiger partial charge in [0.1, 0.15) is 5.82 Å². The number of hydrogen-bond acceptors (Lipinski definition) is 3. The van der Waals surface area contributed by atoms with Gasteiger partial charge < -0.3 is 11.1 Å². The Morgan fingerprint density at radius 2 is 1.88 bits per heavy atom. The second-order valence-corrected chi connectivity index (χ2v) is 5.62. The Morgan fingerprint density at radius 3 is 2.46 bits per heavy atom. The molecule has 3 N–H and O–H groups in total. The number of aryl methyl sites for hydroxylation is 1. The predicted octanol–water partition coefficient (Wildman–Crippen LogP) is 4.37. The number of halogens is 3. The van der Waals surface area contributed by atoms with E-state index in [1.54, 1.807) is 25.1 Å². The highest BCUT2D eigenvalue weighted by Gasteiger charge is 2.13. The lowest BCUT2D eigenvalue weighted by Crippen LogP contribution is -2.13. The van der Waals surface area contributed by atoms with Crippen molar-refractivity contribution in [3.8, 4) is 0 Å². The molecule has 0 saturated carbocycles. The van der Waals surface area contributed by atoms with Crippen molar-refractivity contribution in [3.63, 3.8) is 0 Å². The summed E-state index contributed by atoms with van der Waals surface area (Å²) in [5.41, 5.74) is 7.35. The number of alkyl halides is 2. The summed E-state index contributed by atoms with van der Waals surface area (Å²) in [5.74, 6) is -1.09. The molecule has 0 fully saturated rings. The maximum absolute atomic E-state index is 14.4. The second kappa shape index (κ2) is 8.33. The average Bonchev–Trinajstić information content (AvgIpc) is 2.56. The van der Waals surface area contributed by atoms with Crippen LogP contribution >= 0.6 is 0 Å². The zero-order valence-electron chi connectivity index (χ0n) is 14.3. The molecule has 1 amide bonds. The lowest BCUT2D eigenvalue weighted by molar-refractivity contribution is 0.102. The van der Waals surface area contributed by atoms with Crippen LogP contribution in [0.5, 0.6) is 0 Å². The van der Waals surface area contributed by atoms with Crippen LogP contribution in [0.15, 0.2) is 53.2 Å². The predicted molar refractivity (Wildman–Crippen MR) is 96.8 cm³/mol. The summed E-state index contributed by atoms with van der Waals surface area (Å²) >= 11 is 0. The van der Waals surface area contributed by atoms with Crippen LogP contribution in [-0.4, -0.2) is 18.7 Å². The number of nitrogens with one attached hydrogen (secondary N) is 1. The fraction of sp³-hybridized carbons (Fsp3) is 0.158. The van der Waals surface area contributed by atoms with Gasteiger partial charge in [-0.15, -0.1) is 0 Å². The fourth-order valence-corrected chi connectivity index (χ4v) is 2.35. The Bertz CT molecular complexity index is 872. The summed E-state index contributed by atoms with van der Waals surface area (Å²) in [6.45, 7) is 0.336. The maximum atomic E-state index is 14.4. The number of allylic oxidation sites excluding steroid dienone is 2. The van der Waals surface area contributed by atoms with Crippen molar-refractivity contribution in [1.29, 1.82) is 0 Å². The van der Waals surface area contributed by atoms with Gasteiger partial charge in [-0.2, -0.15) is 8.78 Å². The van der Waals surface area contributed by atoms with Crippen LogP contribution in [0.3, 0.4) is 0 Å². The standard InChI is InChI=1S/C19H18F3N3O/c1-11-5-3-4-6-14(11)18(26)25-13-7-8-15(17(20)9-13)16(12(2)23)10-24-19(21)22/h3-10,19H,23H2,1-2H3,(H,25,26)/b16-12+,24-10+. The van der Waals surface area contributed by atoms with Crippen LogP contribution < -0.4 is 11.1 Å². The Hall–Kier alpha value is -3.09. The molecule has 0 radical (unpaired) electrons. The van der Waals surface area contributed by atoms with Gasteiger partial charge in [0.15, 0.2) is 0 Å². The Labute approximate surface area is 149 Å². The molecular weight excluding hydrogens is 343 g/mol. The first kappa shape index (κ1) is 19.2. The molecule has 2 rings (SSSR count). The third-order valence-electron chi connectivity index (χ3n) is 3.65. The van der Waals surface area contributed by atoms with Gasteiger partial charge in [0.2, 0.25) is 0 Å². The highest BCUT2D eigenvalue weighted by molar-refractivity contribution is 6.11. The molecule has 136 valence electrons. The van der Waals surface area contributed by atoms with E-state index in [-0.39, 0.29) is 28.4 Å². The van der Waals surface area contributed by atoms with E-state index in [0.29, 0.717) is 5.56 Å². The molecule has 0 aliphatic carbocycles.